The van der Waals surface area contributed by atoms with Gasteiger partial charge in [-0.3, -0.25) is 4.90 Å². The number of nitrogens with one attached hydrogen (secondary N) is 2. The van der Waals surface area contributed by atoms with E-state index >= 15 is 0 Å². The van der Waals surface area contributed by atoms with Crippen LogP contribution in [0.1, 0.15) is 11.3 Å². The molecular formula is C17H22Cl2N6O2. The lowest BCUT2D eigenvalue weighted by molar-refractivity contribution is -0.0287. The topological polar surface area (TPSA) is 84.3 Å². The Hall–Kier alpha value is -1.87. The summed E-state index contributed by atoms with van der Waals surface area (Å²) in [5, 5.41) is 14.8. The van der Waals surface area contributed by atoms with Crippen molar-refractivity contribution in [3.63, 3.8) is 0 Å². The predicted molar refractivity (Wildman–Crippen MR) is 103 cm³/mol. The Morgan fingerprint density at radius 2 is 2.19 bits per heavy atom. The molecule has 2 N–H and O–H groups in total. The number of carbonyl (C=O) groups is 1. The first-order valence-corrected chi connectivity index (χ1v) is 9.40. The molecule has 27 heavy (non-hydrogen) atoms. The first-order chi connectivity index (χ1) is 13.0. The summed E-state index contributed by atoms with van der Waals surface area (Å²) in [6.45, 7) is 3.70. The van der Waals surface area contributed by atoms with Crippen LogP contribution >= 0.6 is 23.2 Å². The number of amides is 2. The van der Waals surface area contributed by atoms with E-state index in [1.807, 2.05) is 12.1 Å². The predicted octanol–water partition coefficient (Wildman–Crippen LogP) is 1.82. The molecule has 1 fully saturated rings. The zero-order valence-corrected chi connectivity index (χ0v) is 16.5. The number of rotatable bonds is 6. The van der Waals surface area contributed by atoms with Gasteiger partial charge in [0.2, 0.25) is 0 Å². The summed E-state index contributed by atoms with van der Waals surface area (Å²) in [5.74, 6) is 0. The lowest BCUT2D eigenvalue weighted by atomic mass is 10.2. The van der Waals surface area contributed by atoms with E-state index in [0.717, 1.165) is 25.2 Å². The summed E-state index contributed by atoms with van der Waals surface area (Å²) >= 11 is 12.0. The average Bonchev–Trinajstić information content (AvgIpc) is 3.07. The van der Waals surface area contributed by atoms with Crippen LogP contribution in [0.15, 0.2) is 24.4 Å². The Bertz CT molecular complexity index is 785. The number of morpholine rings is 1. The van der Waals surface area contributed by atoms with Gasteiger partial charge >= 0.3 is 6.03 Å². The third kappa shape index (κ3) is 6.07. The van der Waals surface area contributed by atoms with Crippen molar-refractivity contribution in [2.45, 2.75) is 19.2 Å². The molecule has 0 bridgehead atoms. The summed E-state index contributed by atoms with van der Waals surface area (Å²) in [4.78, 5) is 15.7. The van der Waals surface area contributed by atoms with Gasteiger partial charge in [-0.25, -0.2) is 4.79 Å². The molecule has 3 rings (SSSR count). The molecule has 0 saturated carbocycles. The molecule has 1 aromatic heterocycles. The van der Waals surface area contributed by atoms with E-state index in [2.05, 4.69) is 25.7 Å². The monoisotopic (exact) mass is 412 g/mol. The highest BCUT2D eigenvalue weighted by atomic mass is 35.5. The van der Waals surface area contributed by atoms with E-state index < -0.39 is 0 Å². The zero-order chi connectivity index (χ0) is 19.2. The van der Waals surface area contributed by atoms with E-state index in [-0.39, 0.29) is 12.1 Å². The van der Waals surface area contributed by atoms with Gasteiger partial charge in [-0.1, -0.05) is 29.3 Å². The van der Waals surface area contributed by atoms with E-state index in [1.165, 1.54) is 4.80 Å². The van der Waals surface area contributed by atoms with Gasteiger partial charge in [-0.05, 0) is 17.7 Å². The van der Waals surface area contributed by atoms with Crippen LogP contribution in [0.4, 0.5) is 4.79 Å². The van der Waals surface area contributed by atoms with Crippen molar-refractivity contribution in [1.29, 1.82) is 0 Å². The van der Waals surface area contributed by atoms with Crippen molar-refractivity contribution in [2.75, 3.05) is 26.2 Å². The van der Waals surface area contributed by atoms with Crippen LogP contribution in [0.5, 0.6) is 0 Å². The van der Waals surface area contributed by atoms with Crippen molar-refractivity contribution >= 4 is 29.2 Å². The smallest absolute Gasteiger partial charge is 0.315 e. The maximum atomic E-state index is 11.9. The Kier molecular flexibility index (Phi) is 6.89. The van der Waals surface area contributed by atoms with Gasteiger partial charge in [0.05, 0.1) is 35.5 Å². The fourth-order valence-electron chi connectivity index (χ4n) is 2.85. The molecule has 1 saturated heterocycles. The lowest BCUT2D eigenvalue weighted by Gasteiger charge is -2.33. The van der Waals surface area contributed by atoms with Crippen molar-refractivity contribution in [3.8, 4) is 0 Å². The molecule has 8 nitrogen and oxygen atoms in total. The van der Waals surface area contributed by atoms with Crippen LogP contribution in [0.25, 0.3) is 0 Å². The highest BCUT2D eigenvalue weighted by Gasteiger charge is 2.21. The van der Waals surface area contributed by atoms with E-state index in [0.29, 0.717) is 35.4 Å². The fraction of sp³-hybridized carbons (Fsp3) is 0.471. The SMILES string of the molecule is Cn1ncc(CNC(=O)NC[C@H]2CN(Cc3ccc(Cl)c(Cl)c3)CCO2)n1. The molecule has 0 aliphatic carbocycles. The number of nitrogens with zero attached hydrogens (tertiary/aromatic N) is 4. The molecule has 2 aromatic rings. The second-order valence-corrected chi connectivity index (χ2v) is 7.18. The number of benzene rings is 1. The van der Waals surface area contributed by atoms with E-state index in [1.54, 1.807) is 19.3 Å². The Labute approximate surface area is 167 Å². The molecule has 0 unspecified atom stereocenters. The summed E-state index contributed by atoms with van der Waals surface area (Å²) in [5.41, 5.74) is 1.80. The summed E-state index contributed by atoms with van der Waals surface area (Å²) < 4.78 is 5.75. The molecule has 1 aliphatic heterocycles. The number of urea groups is 1. The van der Waals surface area contributed by atoms with Crippen LogP contribution in [0.3, 0.4) is 0 Å². The van der Waals surface area contributed by atoms with Crippen molar-refractivity contribution in [2.24, 2.45) is 7.05 Å². The van der Waals surface area contributed by atoms with Crippen LogP contribution in [-0.2, 0) is 24.9 Å². The maximum Gasteiger partial charge on any atom is 0.315 e. The third-order valence-electron chi connectivity index (χ3n) is 4.18. The van der Waals surface area contributed by atoms with Crippen LogP contribution in [0.2, 0.25) is 10.0 Å². The minimum absolute atomic E-state index is 0.0659. The molecule has 1 aromatic carbocycles. The molecule has 2 heterocycles. The summed E-state index contributed by atoms with van der Waals surface area (Å²) in [6.07, 6.45) is 1.55. The van der Waals surface area contributed by atoms with Gasteiger partial charge < -0.3 is 15.4 Å². The maximum absolute atomic E-state index is 11.9. The molecule has 0 radical (unpaired) electrons. The minimum atomic E-state index is -0.258. The summed E-state index contributed by atoms with van der Waals surface area (Å²) in [7, 11) is 1.73. The number of hydrogen-bond acceptors (Lipinski definition) is 5. The molecule has 2 amide bonds. The van der Waals surface area contributed by atoms with Crippen LogP contribution in [0, 0.1) is 0 Å². The van der Waals surface area contributed by atoms with Gasteiger partial charge in [0.25, 0.3) is 0 Å². The third-order valence-corrected chi connectivity index (χ3v) is 4.92. The number of carbonyl (C=O) groups excluding carboxylic acids is 1. The number of aryl methyl sites for hydroxylation is 1. The van der Waals surface area contributed by atoms with Gasteiger partial charge in [0.1, 0.15) is 5.69 Å². The summed E-state index contributed by atoms with van der Waals surface area (Å²) in [6, 6.07) is 5.40. The van der Waals surface area contributed by atoms with Gasteiger partial charge in [0, 0.05) is 33.2 Å². The fourth-order valence-corrected chi connectivity index (χ4v) is 3.17. The molecule has 1 aliphatic rings. The first-order valence-electron chi connectivity index (χ1n) is 8.64. The van der Waals surface area contributed by atoms with Crippen molar-refractivity contribution < 1.29 is 9.53 Å². The van der Waals surface area contributed by atoms with Crippen LogP contribution < -0.4 is 10.6 Å². The largest absolute Gasteiger partial charge is 0.374 e. The molecule has 1 atom stereocenters. The first kappa shape index (κ1) is 19.9. The highest BCUT2D eigenvalue weighted by molar-refractivity contribution is 6.42. The Balaban J connectivity index is 1.41. The highest BCUT2D eigenvalue weighted by Crippen LogP contribution is 2.23. The van der Waals surface area contributed by atoms with E-state index in [4.69, 9.17) is 27.9 Å². The number of aromatic nitrogens is 3. The lowest BCUT2D eigenvalue weighted by Crippen LogP contribution is -2.48. The van der Waals surface area contributed by atoms with E-state index in [9.17, 15) is 4.79 Å². The molecule has 0 spiro atoms. The van der Waals surface area contributed by atoms with Crippen molar-refractivity contribution in [3.05, 3.63) is 45.7 Å². The van der Waals surface area contributed by atoms with Gasteiger partial charge in [0.15, 0.2) is 0 Å². The molecule has 146 valence electrons. The standard InChI is InChI=1S/C17H22Cl2N6O2/c1-24-22-8-13(23-24)7-20-17(26)21-9-14-11-25(4-5-27-14)10-12-2-3-15(18)16(19)6-12/h2-3,6,8,14H,4-5,7,9-11H2,1H3,(H2,20,21,26)/t14-/m0/s1. The van der Waals surface area contributed by atoms with Crippen LogP contribution in [-0.4, -0.2) is 58.3 Å². The van der Waals surface area contributed by atoms with Gasteiger partial charge in [-0.15, -0.1) is 0 Å². The molecule has 10 heteroatoms. The quantitative estimate of drug-likeness (QED) is 0.755. The Morgan fingerprint density at radius 3 is 2.93 bits per heavy atom. The number of hydrogen-bond donors (Lipinski definition) is 2. The number of halogens is 2. The normalized spacial score (nSPS) is 17.7. The Morgan fingerprint density at radius 1 is 1.33 bits per heavy atom. The minimum Gasteiger partial charge on any atom is -0.374 e. The number of ether oxygens (including phenoxy) is 1. The zero-order valence-electron chi connectivity index (χ0n) is 15.0. The average molecular weight is 413 g/mol. The second kappa shape index (κ2) is 9.36. The second-order valence-electron chi connectivity index (χ2n) is 6.37. The molecular weight excluding hydrogens is 391 g/mol. The van der Waals surface area contributed by atoms with Gasteiger partial charge in [-0.2, -0.15) is 15.0 Å². The van der Waals surface area contributed by atoms with Crippen molar-refractivity contribution in [1.82, 2.24) is 30.5 Å².